The molecule has 2 aromatic rings. The molecule has 1 aliphatic carbocycles. The number of likely N-dealkylation sites (N-methyl/N-ethyl adjacent to an activating group) is 1. The SMILES string of the molecule is C=C1CC[C@@H](C)[C@@H](C)/C(=N/O)[C@H](C)C[C@](C)([C@H](O[C@@H]2O[C@H](C)C[C@H](N(C)CCc3cn(CCc4ccc([N+](=O)[O-])cc4)nn3)[C@H]2O)[C@@H](C)[C@H](OC[C@H]2C[C@@](C)(OC)[C@@H](O)[C@H](C)O2)[C@@H](C)C(=O)O[C@H](C)C(C)(C)O)CC1. The third-order valence-electron chi connectivity index (χ3n) is 17.1. The summed E-state index contributed by atoms with van der Waals surface area (Å²) in [6, 6.07) is 6.10. The number of allylic oxidation sites excluding steroid dienone is 1. The molecule has 3 fully saturated rings. The average molecular weight is 1060 g/mol. The van der Waals surface area contributed by atoms with E-state index >= 15 is 0 Å². The average Bonchev–Trinajstić information content (AvgIpc) is 3.82. The lowest BCUT2D eigenvalue weighted by Gasteiger charge is -2.49. The van der Waals surface area contributed by atoms with E-state index in [2.05, 4.69) is 54.6 Å². The van der Waals surface area contributed by atoms with Gasteiger partial charge in [-0.1, -0.05) is 69.3 Å². The fourth-order valence-electron chi connectivity index (χ4n) is 11.6. The number of ether oxygens (including phenoxy) is 6. The Kier molecular flexibility index (Phi) is 22.0. The van der Waals surface area contributed by atoms with Crippen LogP contribution in [0.25, 0.3) is 0 Å². The van der Waals surface area contributed by atoms with Gasteiger partial charge >= 0.3 is 5.97 Å². The number of rotatable bonds is 21. The van der Waals surface area contributed by atoms with Gasteiger partial charge in [-0.2, -0.15) is 0 Å². The minimum atomic E-state index is -1.33. The largest absolute Gasteiger partial charge is 0.459 e. The number of carbonyl (C=O) groups excluding carboxylic acids is 1. The van der Waals surface area contributed by atoms with Crippen LogP contribution in [0.4, 0.5) is 5.69 Å². The van der Waals surface area contributed by atoms with Crippen LogP contribution in [0.2, 0.25) is 0 Å². The number of esters is 1. The first-order chi connectivity index (χ1) is 35.1. The Hall–Kier alpha value is -3.92. The summed E-state index contributed by atoms with van der Waals surface area (Å²) in [6.07, 6.45) is 0.375. The van der Waals surface area contributed by atoms with E-state index in [4.69, 9.17) is 28.4 Å². The van der Waals surface area contributed by atoms with Gasteiger partial charge in [0.15, 0.2) is 6.29 Å². The molecule has 3 heterocycles. The molecule has 3 aliphatic rings. The van der Waals surface area contributed by atoms with Crippen LogP contribution >= 0.6 is 0 Å². The summed E-state index contributed by atoms with van der Waals surface area (Å²) in [5, 5.41) is 68.9. The first-order valence-electron chi connectivity index (χ1n) is 27.2. The third-order valence-corrected chi connectivity index (χ3v) is 17.1. The summed E-state index contributed by atoms with van der Waals surface area (Å²) in [5.74, 6) is -2.07. The van der Waals surface area contributed by atoms with E-state index in [0.717, 1.165) is 29.7 Å². The molecule has 19 nitrogen and oxygen atoms in total. The van der Waals surface area contributed by atoms with E-state index in [9.17, 15) is 35.4 Å². The van der Waals surface area contributed by atoms with E-state index in [1.807, 2.05) is 34.0 Å². The maximum absolute atomic E-state index is 14.4. The molecule has 5 rings (SSSR count). The van der Waals surface area contributed by atoms with Crippen molar-refractivity contribution < 1.29 is 58.7 Å². The van der Waals surface area contributed by atoms with Crippen molar-refractivity contribution in [1.29, 1.82) is 0 Å². The number of nitro groups is 1. The fourth-order valence-corrected chi connectivity index (χ4v) is 11.6. The van der Waals surface area contributed by atoms with Gasteiger partial charge < -0.3 is 53.8 Å². The lowest BCUT2D eigenvalue weighted by Crippen LogP contribution is -2.59. The zero-order valence-electron chi connectivity index (χ0n) is 47.4. The Morgan fingerprint density at radius 3 is 2.37 bits per heavy atom. The third kappa shape index (κ3) is 16.1. The standard InChI is InChI=1S/C56H92N6O13/c1-33-16-17-34(2)37(5)47(58-67)35(3)29-55(12,25-22-33)51(38(6)49(39(7)52(65)74-41(9)54(10,11)66)71-32-45-30-56(13,70-15)50(64)40(8)73-45)75-53-48(63)46(28-36(4)72-53)60(14)26-24-43-31-61(59-57-43)27-23-42-18-20-44(21-19-42)62(68)69/h18-21,31,34-41,45-46,48-51,53,63-64,66-67H,1,16-17,22-30,32H2,2-15H3/b58-47+/t34-,35-,36-,37-,38+,39-,40+,41-,45-,46+,48-,49+,50+,51-,53+,55-,56-/m1/s1. The molecule has 424 valence electrons. The Morgan fingerprint density at radius 1 is 1.07 bits per heavy atom. The number of hydrogen-bond acceptors (Lipinski definition) is 17. The van der Waals surface area contributed by atoms with Gasteiger partial charge in [-0.25, -0.2) is 0 Å². The van der Waals surface area contributed by atoms with E-state index in [1.54, 1.807) is 58.5 Å². The highest BCUT2D eigenvalue weighted by atomic mass is 16.7. The van der Waals surface area contributed by atoms with Crippen LogP contribution < -0.4 is 0 Å². The second-order valence-corrected chi connectivity index (χ2v) is 23.7. The maximum Gasteiger partial charge on any atom is 0.311 e. The summed E-state index contributed by atoms with van der Waals surface area (Å²) in [5.41, 5.74) is 0.575. The van der Waals surface area contributed by atoms with Gasteiger partial charge in [0.05, 0.1) is 70.6 Å². The van der Waals surface area contributed by atoms with Gasteiger partial charge in [-0.3, -0.25) is 19.6 Å². The summed E-state index contributed by atoms with van der Waals surface area (Å²) >= 11 is 0. The van der Waals surface area contributed by atoms with Crippen molar-refractivity contribution in [2.75, 3.05) is 27.3 Å². The van der Waals surface area contributed by atoms with Crippen molar-refractivity contribution in [1.82, 2.24) is 19.9 Å². The van der Waals surface area contributed by atoms with Crippen LogP contribution in [0.5, 0.6) is 0 Å². The quantitative estimate of drug-likeness (QED) is 0.0307. The molecule has 2 aliphatic heterocycles. The molecule has 75 heavy (non-hydrogen) atoms. The van der Waals surface area contributed by atoms with Gasteiger partial charge in [0.25, 0.3) is 5.69 Å². The highest BCUT2D eigenvalue weighted by Gasteiger charge is 2.51. The number of hydrogen-bond donors (Lipinski definition) is 4. The molecule has 1 aromatic heterocycles. The van der Waals surface area contributed by atoms with Crippen LogP contribution in [0.1, 0.15) is 139 Å². The van der Waals surface area contributed by atoms with Gasteiger partial charge in [-0.15, -0.1) is 5.10 Å². The molecule has 0 radical (unpaired) electrons. The number of benzene rings is 1. The maximum atomic E-state index is 14.4. The molecule has 0 bridgehead atoms. The van der Waals surface area contributed by atoms with Crippen molar-refractivity contribution in [2.24, 2.45) is 40.2 Å². The molecular formula is C56H92N6O13. The second-order valence-electron chi connectivity index (χ2n) is 23.7. The van der Waals surface area contributed by atoms with E-state index in [1.165, 1.54) is 12.1 Å². The smallest absolute Gasteiger partial charge is 0.311 e. The number of nitrogens with zero attached hydrogens (tertiary/aromatic N) is 6. The number of nitro benzene ring substituents is 1. The number of aromatic nitrogens is 3. The predicted octanol–water partition coefficient (Wildman–Crippen LogP) is 7.72. The van der Waals surface area contributed by atoms with Crippen molar-refractivity contribution in [3.8, 4) is 0 Å². The molecule has 0 unspecified atom stereocenters. The molecule has 17 atom stereocenters. The van der Waals surface area contributed by atoms with E-state index in [-0.39, 0.29) is 42.2 Å². The van der Waals surface area contributed by atoms with Crippen molar-refractivity contribution >= 4 is 17.4 Å². The van der Waals surface area contributed by atoms with Crippen LogP contribution in [-0.2, 0) is 52.6 Å². The van der Waals surface area contributed by atoms with E-state index < -0.39 is 88.4 Å². The highest BCUT2D eigenvalue weighted by molar-refractivity contribution is 5.88. The number of carbonyl (C=O) groups is 1. The lowest BCUT2D eigenvalue weighted by molar-refractivity contribution is -0.384. The number of oxime groups is 1. The highest BCUT2D eigenvalue weighted by Crippen LogP contribution is 2.47. The Morgan fingerprint density at radius 2 is 1.75 bits per heavy atom. The lowest BCUT2D eigenvalue weighted by atomic mass is 9.66. The zero-order valence-corrected chi connectivity index (χ0v) is 47.4. The monoisotopic (exact) mass is 1060 g/mol. The molecule has 0 amide bonds. The van der Waals surface area contributed by atoms with Gasteiger partial charge in [0.2, 0.25) is 0 Å². The Labute approximate surface area is 445 Å². The normalized spacial score (nSPS) is 33.0. The molecule has 2 saturated heterocycles. The first-order valence-corrected chi connectivity index (χ1v) is 27.2. The van der Waals surface area contributed by atoms with Crippen molar-refractivity contribution in [2.45, 2.75) is 220 Å². The molecule has 1 saturated carbocycles. The molecule has 4 N–H and O–H groups in total. The molecule has 1 aromatic carbocycles. The van der Waals surface area contributed by atoms with Crippen molar-refractivity contribution in [3.05, 3.63) is 64.0 Å². The summed E-state index contributed by atoms with van der Waals surface area (Å²) < 4.78 is 40.8. The topological polar surface area (TPSA) is 243 Å². The van der Waals surface area contributed by atoms with E-state index in [0.29, 0.717) is 63.7 Å². The second kappa shape index (κ2) is 26.6. The number of aliphatic hydroxyl groups is 3. The van der Waals surface area contributed by atoms with Gasteiger partial charge in [-0.05, 0) is 123 Å². The number of non-ortho nitro benzene ring substituents is 1. The fraction of sp³-hybridized carbons (Fsp3) is 0.786. The summed E-state index contributed by atoms with van der Waals surface area (Å²) in [4.78, 5) is 27.2. The van der Waals surface area contributed by atoms with Crippen LogP contribution in [0, 0.1) is 45.1 Å². The van der Waals surface area contributed by atoms with Crippen LogP contribution in [0.15, 0.2) is 47.8 Å². The Bertz CT molecular complexity index is 2190. The van der Waals surface area contributed by atoms with Gasteiger partial charge in [0, 0.05) is 69.2 Å². The Balaban J connectivity index is 1.48. The number of aryl methyl sites for hydroxylation is 2. The minimum Gasteiger partial charge on any atom is -0.459 e. The van der Waals surface area contributed by atoms with Crippen molar-refractivity contribution in [3.63, 3.8) is 0 Å². The molecule has 0 spiro atoms. The van der Waals surface area contributed by atoms with Crippen LogP contribution in [-0.4, -0.2) is 157 Å². The zero-order chi connectivity index (χ0) is 55.7. The number of aliphatic hydroxyl groups excluding tert-OH is 2. The molecular weight excluding hydrogens is 965 g/mol. The first kappa shape index (κ1) is 61.9. The summed E-state index contributed by atoms with van der Waals surface area (Å²) in [6.45, 7) is 28.3. The number of methoxy groups -OCH3 is 1. The van der Waals surface area contributed by atoms with Gasteiger partial charge in [0.1, 0.15) is 18.3 Å². The minimum absolute atomic E-state index is 0.0256. The summed E-state index contributed by atoms with van der Waals surface area (Å²) in [7, 11) is 3.53. The molecule has 19 heteroatoms. The van der Waals surface area contributed by atoms with Crippen LogP contribution in [0.3, 0.4) is 0 Å². The predicted molar refractivity (Wildman–Crippen MR) is 284 cm³/mol.